The van der Waals surface area contributed by atoms with Crippen LogP contribution in [0.2, 0.25) is 0 Å². The molecule has 15 heavy (non-hydrogen) atoms. The van der Waals surface area contributed by atoms with Crippen molar-refractivity contribution in [1.82, 2.24) is 4.98 Å². The van der Waals surface area contributed by atoms with Crippen LogP contribution in [-0.2, 0) is 9.47 Å². The average Bonchev–Trinajstić information content (AvgIpc) is 2.69. The second kappa shape index (κ2) is 4.46. The zero-order valence-corrected chi connectivity index (χ0v) is 8.55. The molecule has 5 nitrogen and oxygen atoms in total. The van der Waals surface area contributed by atoms with Crippen LogP contribution in [0.5, 0.6) is 5.88 Å². The Morgan fingerprint density at radius 2 is 2.27 bits per heavy atom. The number of anilines is 1. The van der Waals surface area contributed by atoms with Crippen molar-refractivity contribution in [2.75, 3.05) is 26.1 Å². The van der Waals surface area contributed by atoms with Crippen molar-refractivity contribution >= 4 is 5.69 Å². The van der Waals surface area contributed by atoms with Gasteiger partial charge in [-0.2, -0.15) is 0 Å². The summed E-state index contributed by atoms with van der Waals surface area (Å²) >= 11 is 0. The SMILES string of the molecule is CO[C@@H]1COC[C@@H]1Oc1ncccc1N. The number of rotatable bonds is 3. The maximum atomic E-state index is 5.72. The number of hydrogen-bond acceptors (Lipinski definition) is 5. The zero-order chi connectivity index (χ0) is 10.7. The van der Waals surface area contributed by atoms with Gasteiger partial charge in [0.05, 0.1) is 18.9 Å². The molecule has 2 N–H and O–H groups in total. The van der Waals surface area contributed by atoms with Crippen molar-refractivity contribution < 1.29 is 14.2 Å². The summed E-state index contributed by atoms with van der Waals surface area (Å²) < 4.78 is 16.1. The molecule has 0 unspecified atom stereocenters. The summed E-state index contributed by atoms with van der Waals surface area (Å²) in [7, 11) is 1.64. The van der Waals surface area contributed by atoms with Gasteiger partial charge in [0.15, 0.2) is 6.10 Å². The Morgan fingerprint density at radius 3 is 3.00 bits per heavy atom. The van der Waals surface area contributed by atoms with E-state index >= 15 is 0 Å². The molecule has 2 atom stereocenters. The number of ether oxygens (including phenoxy) is 3. The van der Waals surface area contributed by atoms with E-state index < -0.39 is 0 Å². The molecular formula is C10H14N2O3. The van der Waals surface area contributed by atoms with Crippen LogP contribution < -0.4 is 10.5 Å². The summed E-state index contributed by atoms with van der Waals surface area (Å²) in [4.78, 5) is 4.05. The number of nitrogens with zero attached hydrogens (tertiary/aromatic N) is 1. The number of aromatic nitrogens is 1. The lowest BCUT2D eigenvalue weighted by Gasteiger charge is -2.17. The number of methoxy groups -OCH3 is 1. The Hall–Kier alpha value is -1.33. The largest absolute Gasteiger partial charge is 0.468 e. The van der Waals surface area contributed by atoms with Gasteiger partial charge in [0.2, 0.25) is 5.88 Å². The Balaban J connectivity index is 2.05. The lowest BCUT2D eigenvalue weighted by molar-refractivity contribution is 0.0311. The van der Waals surface area contributed by atoms with Crippen LogP contribution in [0.15, 0.2) is 18.3 Å². The number of nitrogens with two attached hydrogens (primary N) is 1. The van der Waals surface area contributed by atoms with Crippen LogP contribution in [0.25, 0.3) is 0 Å². The Bertz CT molecular complexity index is 332. The van der Waals surface area contributed by atoms with E-state index in [-0.39, 0.29) is 12.2 Å². The van der Waals surface area contributed by atoms with Crippen molar-refractivity contribution in [2.45, 2.75) is 12.2 Å². The molecule has 0 amide bonds. The highest BCUT2D eigenvalue weighted by Gasteiger charge is 2.30. The van der Waals surface area contributed by atoms with Crippen LogP contribution in [0, 0.1) is 0 Å². The molecule has 0 saturated carbocycles. The van der Waals surface area contributed by atoms with Crippen LogP contribution >= 0.6 is 0 Å². The Kier molecular flexibility index (Phi) is 3.03. The molecule has 0 bridgehead atoms. The van der Waals surface area contributed by atoms with E-state index in [1.807, 2.05) is 0 Å². The minimum atomic E-state index is -0.132. The molecule has 1 saturated heterocycles. The lowest BCUT2D eigenvalue weighted by Crippen LogP contribution is -2.32. The van der Waals surface area contributed by atoms with E-state index in [4.69, 9.17) is 19.9 Å². The Labute approximate surface area is 88.2 Å². The standard InChI is InChI=1S/C10H14N2O3/c1-13-8-5-14-6-9(8)15-10-7(11)3-2-4-12-10/h2-4,8-9H,5-6,11H2,1H3/t8-,9+/m1/s1. The maximum Gasteiger partial charge on any atom is 0.237 e. The molecule has 1 aromatic rings. The molecule has 82 valence electrons. The van der Waals surface area contributed by atoms with E-state index in [0.717, 1.165) is 0 Å². The topological polar surface area (TPSA) is 66.6 Å². The maximum absolute atomic E-state index is 5.72. The molecule has 0 spiro atoms. The van der Waals surface area contributed by atoms with Gasteiger partial charge in [-0.3, -0.25) is 0 Å². The fourth-order valence-corrected chi connectivity index (χ4v) is 1.49. The van der Waals surface area contributed by atoms with Crippen molar-refractivity contribution in [1.29, 1.82) is 0 Å². The molecule has 2 rings (SSSR count). The van der Waals surface area contributed by atoms with Gasteiger partial charge in [0.25, 0.3) is 0 Å². The molecule has 1 aromatic heterocycles. The third-order valence-corrected chi connectivity index (χ3v) is 2.35. The predicted octanol–water partition coefficient (Wildman–Crippen LogP) is 0.456. The molecule has 1 aliphatic heterocycles. The number of hydrogen-bond donors (Lipinski definition) is 1. The van der Waals surface area contributed by atoms with Crippen molar-refractivity contribution in [2.24, 2.45) is 0 Å². The first-order valence-electron chi connectivity index (χ1n) is 4.79. The molecule has 1 aliphatic rings. The van der Waals surface area contributed by atoms with E-state index in [2.05, 4.69) is 4.98 Å². The van der Waals surface area contributed by atoms with Crippen LogP contribution in [0.1, 0.15) is 0 Å². The fourth-order valence-electron chi connectivity index (χ4n) is 1.49. The van der Waals surface area contributed by atoms with Gasteiger partial charge in [-0.15, -0.1) is 0 Å². The highest BCUT2D eigenvalue weighted by Crippen LogP contribution is 2.21. The van der Waals surface area contributed by atoms with Crippen LogP contribution in [-0.4, -0.2) is 37.5 Å². The van der Waals surface area contributed by atoms with E-state index in [1.165, 1.54) is 0 Å². The monoisotopic (exact) mass is 210 g/mol. The number of pyridine rings is 1. The molecule has 1 fully saturated rings. The first-order valence-corrected chi connectivity index (χ1v) is 4.79. The fraction of sp³-hybridized carbons (Fsp3) is 0.500. The predicted molar refractivity (Wildman–Crippen MR) is 54.7 cm³/mol. The summed E-state index contributed by atoms with van der Waals surface area (Å²) in [6.45, 7) is 1.06. The van der Waals surface area contributed by atoms with Gasteiger partial charge in [-0.05, 0) is 12.1 Å². The summed E-state index contributed by atoms with van der Waals surface area (Å²) in [6, 6.07) is 3.51. The second-order valence-electron chi connectivity index (χ2n) is 3.37. The summed E-state index contributed by atoms with van der Waals surface area (Å²) in [5.74, 6) is 0.440. The van der Waals surface area contributed by atoms with E-state index in [1.54, 1.807) is 25.4 Å². The molecule has 0 aromatic carbocycles. The van der Waals surface area contributed by atoms with Gasteiger partial charge in [0.1, 0.15) is 6.10 Å². The summed E-state index contributed by atoms with van der Waals surface area (Å²) in [5, 5.41) is 0. The van der Waals surface area contributed by atoms with Gasteiger partial charge in [-0.1, -0.05) is 0 Å². The summed E-state index contributed by atoms with van der Waals surface area (Å²) in [5.41, 5.74) is 6.24. The normalized spacial score (nSPS) is 25.4. The molecule has 2 heterocycles. The minimum absolute atomic E-state index is 0.0496. The first-order chi connectivity index (χ1) is 7.31. The highest BCUT2D eigenvalue weighted by molar-refractivity contribution is 5.47. The van der Waals surface area contributed by atoms with E-state index in [9.17, 15) is 0 Å². The van der Waals surface area contributed by atoms with E-state index in [0.29, 0.717) is 24.8 Å². The zero-order valence-electron chi connectivity index (χ0n) is 8.55. The molecule has 0 radical (unpaired) electrons. The molecule has 0 aliphatic carbocycles. The van der Waals surface area contributed by atoms with Crippen LogP contribution in [0.3, 0.4) is 0 Å². The van der Waals surface area contributed by atoms with Crippen molar-refractivity contribution in [3.8, 4) is 5.88 Å². The van der Waals surface area contributed by atoms with Crippen molar-refractivity contribution in [3.63, 3.8) is 0 Å². The summed E-state index contributed by atoms with van der Waals surface area (Å²) in [6.07, 6.45) is 1.46. The van der Waals surface area contributed by atoms with Gasteiger partial charge < -0.3 is 19.9 Å². The smallest absolute Gasteiger partial charge is 0.237 e. The molecule has 5 heteroatoms. The first kappa shape index (κ1) is 10.2. The van der Waals surface area contributed by atoms with Gasteiger partial charge in [-0.25, -0.2) is 4.98 Å². The average molecular weight is 210 g/mol. The lowest BCUT2D eigenvalue weighted by atomic mass is 10.2. The van der Waals surface area contributed by atoms with Crippen LogP contribution in [0.4, 0.5) is 5.69 Å². The highest BCUT2D eigenvalue weighted by atomic mass is 16.6. The van der Waals surface area contributed by atoms with Gasteiger partial charge >= 0.3 is 0 Å². The second-order valence-corrected chi connectivity index (χ2v) is 3.37. The Morgan fingerprint density at radius 1 is 1.47 bits per heavy atom. The molecular weight excluding hydrogens is 196 g/mol. The third kappa shape index (κ3) is 2.19. The quantitative estimate of drug-likeness (QED) is 0.784. The third-order valence-electron chi connectivity index (χ3n) is 2.35. The minimum Gasteiger partial charge on any atom is -0.468 e. The number of nitrogen functional groups attached to an aromatic ring is 1. The van der Waals surface area contributed by atoms with Gasteiger partial charge in [0, 0.05) is 13.3 Å². The van der Waals surface area contributed by atoms with Crippen molar-refractivity contribution in [3.05, 3.63) is 18.3 Å².